The van der Waals surface area contributed by atoms with Gasteiger partial charge in [-0.1, -0.05) is 18.6 Å². The zero-order chi connectivity index (χ0) is 9.02. The van der Waals surface area contributed by atoms with Gasteiger partial charge in [-0.05, 0) is 20.8 Å². The van der Waals surface area contributed by atoms with E-state index in [0.717, 1.165) is 5.57 Å². The van der Waals surface area contributed by atoms with Crippen LogP contribution < -0.4 is 0 Å². The van der Waals surface area contributed by atoms with Gasteiger partial charge in [0, 0.05) is 5.92 Å². The third-order valence-corrected chi connectivity index (χ3v) is 1.80. The highest BCUT2D eigenvalue weighted by Gasteiger charge is 2.16. The lowest BCUT2D eigenvalue weighted by Crippen LogP contribution is -2.25. The first-order valence-electron chi connectivity index (χ1n) is 3.96. The Hall–Kier alpha value is -0.340. The largest absolute Gasteiger partial charge is 0.393 e. The molecule has 0 aliphatic rings. The van der Waals surface area contributed by atoms with Gasteiger partial charge < -0.3 is 10.2 Å². The third kappa shape index (κ3) is 4.17. The topological polar surface area (TPSA) is 40.5 Å². The van der Waals surface area contributed by atoms with Crippen LogP contribution in [0.5, 0.6) is 0 Å². The molecule has 66 valence electrons. The van der Waals surface area contributed by atoms with E-state index in [1.807, 2.05) is 20.8 Å². The molecule has 3 atom stereocenters. The normalized spacial score (nSPS) is 18.7. The van der Waals surface area contributed by atoms with E-state index in [-0.39, 0.29) is 5.92 Å². The fourth-order valence-corrected chi connectivity index (χ4v) is 0.779. The molecule has 0 heterocycles. The van der Waals surface area contributed by atoms with E-state index in [1.165, 1.54) is 0 Å². The van der Waals surface area contributed by atoms with Crippen LogP contribution >= 0.6 is 0 Å². The lowest BCUT2D eigenvalue weighted by atomic mass is 9.98. The minimum Gasteiger partial charge on any atom is -0.393 e. The van der Waals surface area contributed by atoms with Crippen molar-refractivity contribution in [3.05, 3.63) is 11.6 Å². The zero-order valence-corrected chi connectivity index (χ0v) is 7.70. The minimum atomic E-state index is -0.528. The van der Waals surface area contributed by atoms with Crippen molar-refractivity contribution in [3.8, 4) is 0 Å². The highest BCUT2D eigenvalue weighted by Crippen LogP contribution is 2.10. The van der Waals surface area contributed by atoms with Gasteiger partial charge in [-0.3, -0.25) is 0 Å². The summed E-state index contributed by atoms with van der Waals surface area (Å²) in [5.41, 5.74) is 1.07. The molecule has 3 unspecified atom stereocenters. The Kier molecular flexibility index (Phi) is 4.38. The molecule has 0 saturated heterocycles. The maximum atomic E-state index is 9.42. The van der Waals surface area contributed by atoms with E-state index in [2.05, 4.69) is 0 Å². The van der Waals surface area contributed by atoms with Crippen molar-refractivity contribution in [1.82, 2.24) is 0 Å². The molecule has 0 radical (unpaired) electrons. The van der Waals surface area contributed by atoms with Crippen LogP contribution in [0.3, 0.4) is 0 Å². The lowest BCUT2D eigenvalue weighted by molar-refractivity contribution is 0.0562. The first kappa shape index (κ1) is 10.7. The van der Waals surface area contributed by atoms with Crippen molar-refractivity contribution >= 4 is 0 Å². The van der Waals surface area contributed by atoms with Gasteiger partial charge in [-0.25, -0.2) is 0 Å². The summed E-state index contributed by atoms with van der Waals surface area (Å²) in [6, 6.07) is 0. The molecular weight excluding hydrogens is 140 g/mol. The highest BCUT2D eigenvalue weighted by atomic mass is 16.3. The molecule has 0 aliphatic heterocycles. The number of hydrogen-bond donors (Lipinski definition) is 2. The van der Waals surface area contributed by atoms with Gasteiger partial charge >= 0.3 is 0 Å². The molecule has 0 aliphatic carbocycles. The zero-order valence-electron chi connectivity index (χ0n) is 7.70. The van der Waals surface area contributed by atoms with Gasteiger partial charge in [-0.2, -0.15) is 0 Å². The lowest BCUT2D eigenvalue weighted by Gasteiger charge is -2.18. The van der Waals surface area contributed by atoms with Gasteiger partial charge in [-0.15, -0.1) is 0 Å². The summed E-state index contributed by atoms with van der Waals surface area (Å²) in [6.45, 7) is 7.37. The highest BCUT2D eigenvalue weighted by molar-refractivity contribution is 4.99. The number of aliphatic hydroxyl groups excluding tert-OH is 2. The summed E-state index contributed by atoms with van der Waals surface area (Å²) in [5.74, 6) is -0.0927. The number of allylic oxidation sites excluding steroid dienone is 1. The van der Waals surface area contributed by atoms with E-state index in [9.17, 15) is 5.11 Å². The number of rotatable bonds is 3. The van der Waals surface area contributed by atoms with Crippen LogP contribution in [0, 0.1) is 5.92 Å². The van der Waals surface area contributed by atoms with Gasteiger partial charge in [0.25, 0.3) is 0 Å². The number of hydrogen-bond acceptors (Lipinski definition) is 2. The average molecular weight is 158 g/mol. The summed E-state index contributed by atoms with van der Waals surface area (Å²) in [7, 11) is 0. The van der Waals surface area contributed by atoms with E-state index < -0.39 is 12.2 Å². The second-order valence-corrected chi connectivity index (χ2v) is 3.33. The molecule has 0 amide bonds. The quantitative estimate of drug-likeness (QED) is 0.608. The van der Waals surface area contributed by atoms with Crippen LogP contribution in [0.25, 0.3) is 0 Å². The van der Waals surface area contributed by atoms with Crippen LogP contribution in [0.1, 0.15) is 27.7 Å². The fraction of sp³-hybridized carbons (Fsp3) is 0.778. The second-order valence-electron chi connectivity index (χ2n) is 3.33. The molecule has 0 aromatic rings. The molecule has 0 saturated carbocycles. The standard InChI is InChI=1S/C9H18O2/c1-6(2)5-9(11)7(3)8(4)10/h5,7-11H,1-4H3. The third-order valence-electron chi connectivity index (χ3n) is 1.80. The van der Waals surface area contributed by atoms with E-state index in [0.29, 0.717) is 0 Å². The first-order valence-corrected chi connectivity index (χ1v) is 3.96. The maximum Gasteiger partial charge on any atom is 0.0773 e. The summed E-state index contributed by atoms with van der Waals surface area (Å²) >= 11 is 0. The van der Waals surface area contributed by atoms with Crippen molar-refractivity contribution < 1.29 is 10.2 Å². The van der Waals surface area contributed by atoms with Gasteiger partial charge in [0.1, 0.15) is 0 Å². The Morgan fingerprint density at radius 1 is 1.18 bits per heavy atom. The summed E-state index contributed by atoms with van der Waals surface area (Å²) in [4.78, 5) is 0. The molecule has 2 N–H and O–H groups in total. The van der Waals surface area contributed by atoms with Crippen LogP contribution in [0.2, 0.25) is 0 Å². The molecule has 11 heavy (non-hydrogen) atoms. The Morgan fingerprint density at radius 3 is 1.91 bits per heavy atom. The van der Waals surface area contributed by atoms with Crippen molar-refractivity contribution in [2.24, 2.45) is 5.92 Å². The molecule has 0 spiro atoms. The molecule has 0 bridgehead atoms. The van der Waals surface area contributed by atoms with Crippen LogP contribution in [0.4, 0.5) is 0 Å². The summed E-state index contributed by atoms with van der Waals surface area (Å²) in [5, 5.41) is 18.5. The van der Waals surface area contributed by atoms with Crippen LogP contribution in [-0.2, 0) is 0 Å². The molecular formula is C9H18O2. The molecule has 0 rings (SSSR count). The minimum absolute atomic E-state index is 0.0927. The Labute approximate surface area is 68.6 Å². The van der Waals surface area contributed by atoms with E-state index in [1.54, 1.807) is 13.0 Å². The first-order chi connectivity index (χ1) is 4.95. The molecule has 2 heteroatoms. The van der Waals surface area contributed by atoms with Crippen LogP contribution in [-0.4, -0.2) is 22.4 Å². The van der Waals surface area contributed by atoms with Gasteiger partial charge in [0.2, 0.25) is 0 Å². The van der Waals surface area contributed by atoms with E-state index >= 15 is 0 Å². The van der Waals surface area contributed by atoms with Crippen LogP contribution in [0.15, 0.2) is 11.6 Å². The predicted molar refractivity (Wildman–Crippen MR) is 46.3 cm³/mol. The molecule has 0 aromatic heterocycles. The summed E-state index contributed by atoms with van der Waals surface area (Å²) in [6.07, 6.45) is 0.776. The van der Waals surface area contributed by atoms with Crippen molar-refractivity contribution in [3.63, 3.8) is 0 Å². The predicted octanol–water partition coefficient (Wildman–Crippen LogP) is 1.33. The molecule has 0 fully saturated rings. The Morgan fingerprint density at radius 2 is 1.64 bits per heavy atom. The molecule has 0 aromatic carbocycles. The van der Waals surface area contributed by atoms with Gasteiger partial charge in [0.15, 0.2) is 0 Å². The van der Waals surface area contributed by atoms with Crippen molar-refractivity contribution in [2.75, 3.05) is 0 Å². The Bertz CT molecular complexity index is 134. The SMILES string of the molecule is CC(C)=CC(O)C(C)C(C)O. The summed E-state index contributed by atoms with van der Waals surface area (Å²) < 4.78 is 0. The smallest absolute Gasteiger partial charge is 0.0773 e. The van der Waals surface area contributed by atoms with Crippen molar-refractivity contribution in [2.45, 2.75) is 39.9 Å². The number of aliphatic hydroxyl groups is 2. The van der Waals surface area contributed by atoms with Gasteiger partial charge in [0.05, 0.1) is 12.2 Å². The monoisotopic (exact) mass is 158 g/mol. The Balaban J connectivity index is 4.03. The second kappa shape index (κ2) is 4.52. The molecule has 2 nitrogen and oxygen atoms in total. The fourth-order valence-electron chi connectivity index (χ4n) is 0.779. The van der Waals surface area contributed by atoms with Crippen molar-refractivity contribution in [1.29, 1.82) is 0 Å². The maximum absolute atomic E-state index is 9.42. The van der Waals surface area contributed by atoms with E-state index in [4.69, 9.17) is 5.11 Å². The average Bonchev–Trinajstić information content (AvgIpc) is 1.84.